The summed E-state index contributed by atoms with van der Waals surface area (Å²) < 4.78 is 130. The van der Waals surface area contributed by atoms with E-state index in [0.29, 0.717) is 12.1 Å². The fraction of sp³-hybridized carbons (Fsp3) is 0.0800. The van der Waals surface area contributed by atoms with E-state index >= 15 is 0 Å². The number of hydrogen-bond donors (Lipinski definition) is 3. The second-order valence-corrected chi connectivity index (χ2v) is 15.2. The van der Waals surface area contributed by atoms with Gasteiger partial charge in [-0.25, -0.2) is 33.7 Å². The van der Waals surface area contributed by atoms with Gasteiger partial charge in [-0.1, -0.05) is 0 Å². The number of rotatable bonds is 11. The molecule has 0 bridgehead atoms. The van der Waals surface area contributed by atoms with Gasteiger partial charge < -0.3 is 29.8 Å². The molecular weight excluding hydrogens is 778 g/mol. The average Bonchev–Trinajstić information content (AvgIpc) is 2.95. The van der Waals surface area contributed by atoms with Gasteiger partial charge in [0.15, 0.2) is 9.84 Å². The number of carbonyl (C=O) groups is 1. The molecule has 0 radical (unpaired) electrons. The number of anilines is 2. The van der Waals surface area contributed by atoms with E-state index in [9.17, 15) is 57.2 Å². The Hall–Kier alpha value is -1.55. The molecule has 4 N–H and O–H groups in total. The second kappa shape index (κ2) is 18.0. The summed E-state index contributed by atoms with van der Waals surface area (Å²) in [4.78, 5) is 10.5. The first-order valence-corrected chi connectivity index (χ1v) is 18.2. The number of carbonyl (C=O) groups excluding carboxylic acids is 1. The molecule has 0 aliphatic heterocycles. The summed E-state index contributed by atoms with van der Waals surface area (Å²) >= 11 is 0. The summed E-state index contributed by atoms with van der Waals surface area (Å²) in [6.45, 7) is -0.876. The summed E-state index contributed by atoms with van der Waals surface area (Å²) in [5, 5.41) is 20.0. The number of azo groups is 1. The van der Waals surface area contributed by atoms with Gasteiger partial charge in [-0.3, -0.25) is 8.98 Å². The molecule has 0 saturated heterocycles. The Bertz CT molecular complexity index is 2380. The van der Waals surface area contributed by atoms with Gasteiger partial charge in [0.2, 0.25) is 10.4 Å². The molecule has 0 unspecified atom stereocenters. The van der Waals surface area contributed by atoms with Gasteiger partial charge in [0, 0.05) is 11.3 Å². The largest absolute Gasteiger partial charge is 1.00 e. The molecule has 4 aromatic carbocycles. The van der Waals surface area contributed by atoms with Crippen LogP contribution < -0.4 is 99.7 Å². The minimum Gasteiger partial charge on any atom is -0.744 e. The predicted octanol–water partition coefficient (Wildman–Crippen LogP) is -7.13. The Morgan fingerprint density at radius 2 is 1.36 bits per heavy atom. The number of amides is 1. The van der Waals surface area contributed by atoms with E-state index in [2.05, 4.69) is 19.7 Å². The first-order chi connectivity index (χ1) is 21.7. The molecule has 0 fully saturated rings. The number of nitrogens with one attached hydrogen (secondary N) is 1. The summed E-state index contributed by atoms with van der Waals surface area (Å²) in [5.74, 6) is -2.26. The van der Waals surface area contributed by atoms with Crippen LogP contribution >= 0.6 is 0 Å². The number of nitrogen functional groups attached to an aromatic ring is 1. The number of benzene rings is 4. The average molecular weight is 797 g/mol. The smallest absolute Gasteiger partial charge is 0.744 e. The minimum absolute atomic E-state index is 0. The van der Waals surface area contributed by atoms with Gasteiger partial charge in [0.1, 0.15) is 31.7 Å². The van der Waals surface area contributed by atoms with Crippen molar-refractivity contribution in [2.45, 2.75) is 14.7 Å². The van der Waals surface area contributed by atoms with E-state index < -0.39 is 85.7 Å². The Kier molecular flexibility index (Phi) is 16.7. The van der Waals surface area contributed by atoms with Crippen molar-refractivity contribution in [1.82, 2.24) is 0 Å². The number of nitrogens with two attached hydrogens (primary N) is 1. The third-order valence-corrected chi connectivity index (χ3v) is 10.0. The normalized spacial score (nSPS) is 12.1. The van der Waals surface area contributed by atoms with Crippen LogP contribution in [0.5, 0.6) is 5.75 Å². The standard InChI is InChI=1S/C25H22N4O14S4.3Na/c26-23-21(46(37,38)39)12-15-11-19(45(34,35)36)13-20(30)22(15)24(23)29-28-17-3-1-14(2-4-17)25(31)27-16-5-7-18(8-6-16)44(32,33)10-9-43-47(40,41)42;;;/h1-8,11-13,30H,9-10,26H2,(H,27,31)(H,34,35,36)(H,37,38,39)(H,40,41,42);;;/q;3*+1/p-3. The summed E-state index contributed by atoms with van der Waals surface area (Å²) in [6, 6.07) is 12.0. The molecule has 0 aliphatic rings. The van der Waals surface area contributed by atoms with Crippen molar-refractivity contribution in [1.29, 1.82) is 0 Å². The van der Waals surface area contributed by atoms with Gasteiger partial charge >= 0.3 is 88.7 Å². The van der Waals surface area contributed by atoms with Crippen molar-refractivity contribution in [3.63, 3.8) is 0 Å². The molecule has 0 heterocycles. The quantitative estimate of drug-likeness (QED) is 0.0418. The van der Waals surface area contributed by atoms with Gasteiger partial charge in [-0.15, -0.1) is 5.11 Å². The first kappa shape index (κ1) is 46.5. The van der Waals surface area contributed by atoms with Crippen LogP contribution in [0.2, 0.25) is 0 Å². The Labute approximate surface area is 352 Å². The van der Waals surface area contributed by atoms with Crippen LogP contribution in [0, 0.1) is 0 Å². The molecule has 0 aliphatic carbocycles. The maximum Gasteiger partial charge on any atom is 1.00 e. The van der Waals surface area contributed by atoms with E-state index in [1.807, 2.05) is 0 Å². The molecule has 4 aromatic rings. The van der Waals surface area contributed by atoms with Crippen LogP contribution in [0.25, 0.3) is 10.8 Å². The SMILES string of the molecule is Nc1c(S(=O)(=O)[O-])cc2cc(S(=O)(=O)[O-])cc(O)c2c1N=Nc1ccc(C(=O)Nc2ccc(S(=O)(=O)CCOS(=O)(=O)[O-])cc2)cc1.[Na+].[Na+].[Na+]. The molecule has 50 heavy (non-hydrogen) atoms. The number of phenolic OH excluding ortho intramolecular Hbond substituents is 1. The third kappa shape index (κ3) is 12.0. The number of aromatic hydroxyl groups is 1. The van der Waals surface area contributed by atoms with Crippen molar-refractivity contribution in [3.05, 3.63) is 72.3 Å². The van der Waals surface area contributed by atoms with E-state index in [1.165, 1.54) is 36.4 Å². The Morgan fingerprint density at radius 1 is 0.780 bits per heavy atom. The summed E-state index contributed by atoms with van der Waals surface area (Å²) in [6.07, 6.45) is 0. The van der Waals surface area contributed by atoms with Crippen molar-refractivity contribution < 1.29 is 150 Å². The molecule has 0 atom stereocenters. The second-order valence-electron chi connectivity index (χ2n) is 9.36. The topological polar surface area (TPSA) is 315 Å². The minimum atomic E-state index is -5.25. The van der Waals surface area contributed by atoms with Crippen LogP contribution in [-0.2, 0) is 44.7 Å². The van der Waals surface area contributed by atoms with E-state index in [1.54, 1.807) is 0 Å². The van der Waals surface area contributed by atoms with E-state index in [-0.39, 0.29) is 121 Å². The maximum absolute atomic E-state index is 12.7. The van der Waals surface area contributed by atoms with Gasteiger partial charge in [-0.05, 0) is 72.1 Å². The molecule has 250 valence electrons. The van der Waals surface area contributed by atoms with Crippen LogP contribution in [0.15, 0.2) is 91.6 Å². The van der Waals surface area contributed by atoms with E-state index in [4.69, 9.17) is 5.73 Å². The van der Waals surface area contributed by atoms with Crippen LogP contribution in [-0.4, -0.2) is 70.7 Å². The summed E-state index contributed by atoms with van der Waals surface area (Å²) in [7, 11) is -19.4. The molecule has 0 spiro atoms. The molecule has 25 heteroatoms. The molecule has 1 amide bonds. The number of nitrogens with zero attached hydrogens (tertiary/aromatic N) is 2. The van der Waals surface area contributed by atoms with Crippen molar-refractivity contribution in [3.8, 4) is 5.75 Å². The van der Waals surface area contributed by atoms with Crippen molar-refractivity contribution in [2.24, 2.45) is 10.2 Å². The Balaban J connectivity index is 0.00000417. The monoisotopic (exact) mass is 796 g/mol. The van der Waals surface area contributed by atoms with Crippen LogP contribution in [0.4, 0.5) is 22.7 Å². The van der Waals surface area contributed by atoms with Crippen molar-refractivity contribution in [2.75, 3.05) is 23.4 Å². The maximum atomic E-state index is 12.7. The number of sulfone groups is 1. The molecule has 0 saturated carbocycles. The third-order valence-electron chi connectivity index (χ3n) is 6.17. The van der Waals surface area contributed by atoms with Crippen LogP contribution in [0.3, 0.4) is 0 Å². The number of fused-ring (bicyclic) bond motifs is 1. The fourth-order valence-electron chi connectivity index (χ4n) is 4.02. The fourth-order valence-corrected chi connectivity index (χ4v) is 6.67. The number of phenols is 1. The molecule has 0 aromatic heterocycles. The zero-order chi connectivity index (χ0) is 34.9. The van der Waals surface area contributed by atoms with Crippen molar-refractivity contribution >= 4 is 79.9 Å². The first-order valence-electron chi connectivity index (χ1n) is 12.4. The predicted molar refractivity (Wildman–Crippen MR) is 159 cm³/mol. The van der Waals surface area contributed by atoms with Crippen LogP contribution in [0.1, 0.15) is 10.4 Å². The van der Waals surface area contributed by atoms with E-state index in [0.717, 1.165) is 18.2 Å². The Morgan fingerprint density at radius 3 is 1.88 bits per heavy atom. The zero-order valence-electron chi connectivity index (χ0n) is 26.1. The molecular formula is C25H19N4Na3O14S4. The number of hydrogen-bond acceptors (Lipinski definition) is 17. The van der Waals surface area contributed by atoms with Gasteiger partial charge in [-0.2, -0.15) is 5.11 Å². The van der Waals surface area contributed by atoms with Gasteiger partial charge in [0.25, 0.3) is 5.91 Å². The molecule has 4 rings (SSSR count). The zero-order valence-corrected chi connectivity index (χ0v) is 35.4. The van der Waals surface area contributed by atoms with Gasteiger partial charge in [0.05, 0.1) is 43.8 Å². The summed E-state index contributed by atoms with van der Waals surface area (Å²) in [5.41, 5.74) is 4.93. The molecule has 18 nitrogen and oxygen atoms in total.